The molecule has 1 saturated heterocycles. The van der Waals surface area contributed by atoms with Gasteiger partial charge in [-0.1, -0.05) is 0 Å². The van der Waals surface area contributed by atoms with Gasteiger partial charge in [-0.2, -0.15) is 0 Å². The molecule has 3 amide bonds. The number of amidine groups is 1. The number of urea groups is 1. The lowest BCUT2D eigenvalue weighted by Gasteiger charge is -2.39. The fourth-order valence-electron chi connectivity index (χ4n) is 3.82. The van der Waals surface area contributed by atoms with Crippen molar-refractivity contribution >= 4 is 29.4 Å². The SMILES string of the molecule is CCN1C(=O)C2NC(c3ccc(NCCC(=O)c4cccnc4)nc3)=NC2N(CC)C1=O. The van der Waals surface area contributed by atoms with Gasteiger partial charge in [-0.25, -0.2) is 14.8 Å². The maximum atomic E-state index is 12.7. The maximum Gasteiger partial charge on any atom is 0.328 e. The predicted octanol–water partition coefficient (Wildman–Crippen LogP) is 1.51. The lowest BCUT2D eigenvalue weighted by molar-refractivity contribution is -0.134. The number of hydrogen-bond donors (Lipinski definition) is 2. The van der Waals surface area contributed by atoms with E-state index in [-0.39, 0.29) is 17.7 Å². The molecule has 166 valence electrons. The first-order chi connectivity index (χ1) is 15.5. The summed E-state index contributed by atoms with van der Waals surface area (Å²) in [6.45, 7) is 4.87. The zero-order valence-electron chi connectivity index (χ0n) is 18.0. The lowest BCUT2D eigenvalue weighted by atomic mass is 10.1. The number of aromatic nitrogens is 2. The highest BCUT2D eigenvalue weighted by Gasteiger charge is 2.48. The molecular formula is C22H25N7O3. The summed E-state index contributed by atoms with van der Waals surface area (Å²) in [6, 6.07) is 6.19. The Kier molecular flexibility index (Phi) is 6.11. The molecule has 1 fully saturated rings. The molecule has 2 aliphatic heterocycles. The monoisotopic (exact) mass is 435 g/mol. The van der Waals surface area contributed by atoms with Crippen LogP contribution >= 0.6 is 0 Å². The van der Waals surface area contributed by atoms with Gasteiger partial charge in [0.25, 0.3) is 5.91 Å². The number of ketones is 1. The van der Waals surface area contributed by atoms with Crippen molar-refractivity contribution in [1.82, 2.24) is 25.1 Å². The quantitative estimate of drug-likeness (QED) is 0.603. The van der Waals surface area contributed by atoms with Gasteiger partial charge in [-0.05, 0) is 38.1 Å². The van der Waals surface area contributed by atoms with Gasteiger partial charge in [-0.3, -0.25) is 24.4 Å². The van der Waals surface area contributed by atoms with Crippen LogP contribution in [-0.2, 0) is 4.79 Å². The van der Waals surface area contributed by atoms with Crippen molar-refractivity contribution in [2.24, 2.45) is 4.99 Å². The van der Waals surface area contributed by atoms with Crippen LogP contribution < -0.4 is 10.6 Å². The molecule has 0 spiro atoms. The lowest BCUT2D eigenvalue weighted by Crippen LogP contribution is -2.65. The molecule has 0 saturated carbocycles. The van der Waals surface area contributed by atoms with Crippen LogP contribution in [0.2, 0.25) is 0 Å². The van der Waals surface area contributed by atoms with E-state index < -0.39 is 12.2 Å². The van der Waals surface area contributed by atoms with E-state index in [0.717, 1.165) is 5.56 Å². The topological polar surface area (TPSA) is 120 Å². The summed E-state index contributed by atoms with van der Waals surface area (Å²) in [6.07, 6.45) is 4.60. The Morgan fingerprint density at radius 2 is 2.00 bits per heavy atom. The van der Waals surface area contributed by atoms with E-state index in [1.165, 1.54) is 4.90 Å². The van der Waals surface area contributed by atoms with E-state index >= 15 is 0 Å². The number of rotatable bonds is 8. The Labute approximate surface area is 185 Å². The summed E-state index contributed by atoms with van der Waals surface area (Å²) in [7, 11) is 0. The van der Waals surface area contributed by atoms with Crippen molar-refractivity contribution in [1.29, 1.82) is 0 Å². The van der Waals surface area contributed by atoms with Crippen molar-refractivity contribution in [3.05, 3.63) is 54.0 Å². The van der Waals surface area contributed by atoms with Gasteiger partial charge >= 0.3 is 6.03 Å². The number of aliphatic imine (C=N–C) groups is 1. The first-order valence-electron chi connectivity index (χ1n) is 10.6. The molecule has 2 atom stereocenters. The molecule has 4 heterocycles. The van der Waals surface area contributed by atoms with Gasteiger partial charge in [-0.15, -0.1) is 0 Å². The van der Waals surface area contributed by atoms with Crippen LogP contribution in [0, 0.1) is 0 Å². The molecule has 0 aromatic carbocycles. The third-order valence-electron chi connectivity index (χ3n) is 5.52. The predicted molar refractivity (Wildman–Crippen MR) is 118 cm³/mol. The Morgan fingerprint density at radius 1 is 1.16 bits per heavy atom. The van der Waals surface area contributed by atoms with E-state index in [4.69, 9.17) is 0 Å². The minimum absolute atomic E-state index is 0.00940. The molecule has 2 unspecified atom stereocenters. The van der Waals surface area contributed by atoms with Crippen LogP contribution in [0.25, 0.3) is 0 Å². The summed E-state index contributed by atoms with van der Waals surface area (Å²) in [5, 5.41) is 6.29. The number of Topliss-reactive ketones (excluding diaryl/α,β-unsaturated/α-hetero) is 1. The van der Waals surface area contributed by atoms with Crippen LogP contribution in [0.3, 0.4) is 0 Å². The molecule has 10 heteroatoms. The first kappa shape index (κ1) is 21.4. The highest BCUT2D eigenvalue weighted by Crippen LogP contribution is 2.24. The van der Waals surface area contributed by atoms with Gasteiger partial charge in [0.05, 0.1) is 0 Å². The molecule has 32 heavy (non-hydrogen) atoms. The van der Waals surface area contributed by atoms with E-state index in [1.807, 2.05) is 13.0 Å². The minimum Gasteiger partial charge on any atom is -0.370 e. The average Bonchev–Trinajstić information content (AvgIpc) is 3.26. The molecule has 0 bridgehead atoms. The highest BCUT2D eigenvalue weighted by atomic mass is 16.2. The van der Waals surface area contributed by atoms with E-state index in [1.54, 1.807) is 48.6 Å². The number of carbonyl (C=O) groups is 3. The van der Waals surface area contributed by atoms with Crippen LogP contribution in [-0.4, -0.2) is 75.2 Å². The normalized spacial score (nSPS) is 20.0. The largest absolute Gasteiger partial charge is 0.370 e. The van der Waals surface area contributed by atoms with Gasteiger partial charge < -0.3 is 10.6 Å². The van der Waals surface area contributed by atoms with Gasteiger partial charge in [0.1, 0.15) is 17.7 Å². The third kappa shape index (κ3) is 4.03. The number of nitrogens with one attached hydrogen (secondary N) is 2. The van der Waals surface area contributed by atoms with Crippen LogP contribution in [0.1, 0.15) is 36.2 Å². The zero-order chi connectivity index (χ0) is 22.7. The molecule has 2 aliphatic rings. The number of fused-ring (bicyclic) bond motifs is 1. The summed E-state index contributed by atoms with van der Waals surface area (Å²) in [5.74, 6) is 0.899. The van der Waals surface area contributed by atoms with Crippen molar-refractivity contribution in [3.8, 4) is 0 Å². The Balaban J connectivity index is 1.39. The molecular weight excluding hydrogens is 410 g/mol. The summed E-state index contributed by atoms with van der Waals surface area (Å²) < 4.78 is 0. The molecule has 2 N–H and O–H groups in total. The fourth-order valence-corrected chi connectivity index (χ4v) is 3.82. The second kappa shape index (κ2) is 9.13. The van der Waals surface area contributed by atoms with Crippen LogP contribution in [0.15, 0.2) is 47.8 Å². The Bertz CT molecular complexity index is 1040. The molecule has 2 aromatic heterocycles. The average molecular weight is 435 g/mol. The number of nitrogens with zero attached hydrogens (tertiary/aromatic N) is 5. The molecule has 4 rings (SSSR count). The standard InChI is InChI=1S/C22H25N7O3/c1-3-28-20-18(21(31)29(4-2)22(28)32)26-19(27-20)15-7-8-17(25-13-15)24-11-9-16(30)14-6-5-10-23-12-14/h5-8,10,12-13,18,20H,3-4,9,11H2,1-2H3,(H,24,25)(H,26,27). The first-order valence-corrected chi connectivity index (χ1v) is 10.6. The number of hydrogen-bond acceptors (Lipinski definition) is 8. The summed E-state index contributed by atoms with van der Waals surface area (Å²) in [5.41, 5.74) is 1.30. The maximum absolute atomic E-state index is 12.7. The number of anilines is 1. The molecule has 2 aromatic rings. The summed E-state index contributed by atoms with van der Waals surface area (Å²) >= 11 is 0. The number of likely N-dealkylation sites (N-methyl/N-ethyl adjacent to an activating group) is 2. The van der Waals surface area contributed by atoms with E-state index in [9.17, 15) is 14.4 Å². The van der Waals surface area contributed by atoms with E-state index in [0.29, 0.717) is 43.3 Å². The van der Waals surface area contributed by atoms with Gasteiger partial charge in [0.15, 0.2) is 11.9 Å². The van der Waals surface area contributed by atoms with Crippen molar-refractivity contribution in [2.75, 3.05) is 25.0 Å². The van der Waals surface area contributed by atoms with Crippen molar-refractivity contribution in [3.63, 3.8) is 0 Å². The van der Waals surface area contributed by atoms with Gasteiger partial charge in [0.2, 0.25) is 0 Å². The number of imide groups is 1. The third-order valence-corrected chi connectivity index (χ3v) is 5.52. The second-order valence-corrected chi connectivity index (χ2v) is 7.44. The van der Waals surface area contributed by atoms with Gasteiger partial charge in [0, 0.05) is 55.8 Å². The van der Waals surface area contributed by atoms with Crippen LogP contribution in [0.5, 0.6) is 0 Å². The van der Waals surface area contributed by atoms with E-state index in [2.05, 4.69) is 25.6 Å². The Hall–Kier alpha value is -3.82. The number of amides is 3. The molecule has 0 aliphatic carbocycles. The summed E-state index contributed by atoms with van der Waals surface area (Å²) in [4.78, 5) is 53.2. The van der Waals surface area contributed by atoms with Crippen molar-refractivity contribution in [2.45, 2.75) is 32.5 Å². The van der Waals surface area contributed by atoms with Crippen LogP contribution in [0.4, 0.5) is 10.6 Å². The highest BCUT2D eigenvalue weighted by molar-refractivity contribution is 6.08. The smallest absolute Gasteiger partial charge is 0.328 e. The number of carbonyl (C=O) groups excluding carboxylic acids is 3. The molecule has 10 nitrogen and oxygen atoms in total. The zero-order valence-corrected chi connectivity index (χ0v) is 18.0. The number of pyridine rings is 2. The fraction of sp³-hybridized carbons (Fsp3) is 0.364. The molecule has 0 radical (unpaired) electrons. The minimum atomic E-state index is -0.598. The second-order valence-electron chi connectivity index (χ2n) is 7.44. The Morgan fingerprint density at radius 3 is 2.66 bits per heavy atom. The van der Waals surface area contributed by atoms with Crippen molar-refractivity contribution < 1.29 is 14.4 Å².